The van der Waals surface area contributed by atoms with Gasteiger partial charge in [0.05, 0.1) is 10.7 Å². The molecule has 0 bridgehead atoms. The third kappa shape index (κ3) is 5.06. The molecule has 0 aliphatic carbocycles. The van der Waals surface area contributed by atoms with Crippen molar-refractivity contribution in [3.05, 3.63) is 62.6 Å². The Bertz CT molecular complexity index is 1070. The molecule has 29 heavy (non-hydrogen) atoms. The summed E-state index contributed by atoms with van der Waals surface area (Å²) >= 11 is 13.0. The Morgan fingerprint density at radius 2 is 2.03 bits per heavy atom. The number of nitro groups is 1. The van der Waals surface area contributed by atoms with Crippen LogP contribution < -0.4 is 5.32 Å². The minimum atomic E-state index is -0.603. The number of anilines is 1. The Morgan fingerprint density at radius 1 is 1.24 bits per heavy atom. The summed E-state index contributed by atoms with van der Waals surface area (Å²) in [5.74, 6) is 0.386. The summed E-state index contributed by atoms with van der Waals surface area (Å²) in [6.45, 7) is 2.57. The lowest BCUT2D eigenvalue weighted by Crippen LogP contribution is -2.14. The van der Waals surface area contributed by atoms with E-state index in [-0.39, 0.29) is 22.4 Å². The van der Waals surface area contributed by atoms with E-state index in [1.807, 2.05) is 23.6 Å². The van der Waals surface area contributed by atoms with E-state index >= 15 is 0 Å². The smallest absolute Gasteiger partial charge is 0.289 e. The Morgan fingerprint density at radius 3 is 2.72 bits per heavy atom. The fourth-order valence-electron chi connectivity index (χ4n) is 2.58. The minimum absolute atomic E-state index is 0.00645. The molecule has 1 N–H and O–H groups in total. The molecule has 1 amide bonds. The Labute approximate surface area is 180 Å². The maximum Gasteiger partial charge on any atom is 0.289 e. The molecule has 3 rings (SSSR count). The predicted molar refractivity (Wildman–Crippen MR) is 114 cm³/mol. The van der Waals surface area contributed by atoms with Gasteiger partial charge in [0, 0.05) is 28.9 Å². The standard InChI is InChI=1S/C18H15Cl2N5O3S/c1-2-24-17(11-4-3-5-12(19)8-11)22-23-18(24)29-10-16(26)21-13-6-7-14(20)15(9-13)25(27)28/h3-9H,2,10H2,1H3,(H,21,26). The highest BCUT2D eigenvalue weighted by molar-refractivity contribution is 7.99. The first-order valence-corrected chi connectivity index (χ1v) is 10.2. The van der Waals surface area contributed by atoms with E-state index in [0.29, 0.717) is 28.2 Å². The number of halogens is 2. The van der Waals surface area contributed by atoms with Crippen LogP contribution >= 0.6 is 35.0 Å². The van der Waals surface area contributed by atoms with Gasteiger partial charge < -0.3 is 9.88 Å². The van der Waals surface area contributed by atoms with E-state index in [4.69, 9.17) is 23.2 Å². The molecule has 2 aromatic carbocycles. The van der Waals surface area contributed by atoms with Crippen molar-refractivity contribution in [3.63, 3.8) is 0 Å². The van der Waals surface area contributed by atoms with Gasteiger partial charge in [0.25, 0.3) is 5.69 Å². The third-order valence-corrected chi connectivity index (χ3v) is 5.40. The first-order valence-electron chi connectivity index (χ1n) is 8.44. The van der Waals surface area contributed by atoms with E-state index in [1.165, 1.54) is 30.0 Å². The number of amides is 1. The van der Waals surface area contributed by atoms with Crippen molar-refractivity contribution in [1.82, 2.24) is 14.8 Å². The number of benzene rings is 2. The zero-order chi connectivity index (χ0) is 21.0. The number of rotatable bonds is 7. The Hall–Kier alpha value is -2.62. The van der Waals surface area contributed by atoms with Gasteiger partial charge in [-0.05, 0) is 31.2 Å². The van der Waals surface area contributed by atoms with Crippen LogP contribution in [0.5, 0.6) is 0 Å². The zero-order valence-corrected chi connectivity index (χ0v) is 17.5. The fraction of sp³-hybridized carbons (Fsp3) is 0.167. The molecule has 1 heterocycles. The van der Waals surface area contributed by atoms with Gasteiger partial charge in [0.15, 0.2) is 11.0 Å². The number of nitrogens with zero attached hydrogens (tertiary/aromatic N) is 4. The Kier molecular flexibility index (Phi) is 6.73. The Balaban J connectivity index is 1.69. The second kappa shape index (κ2) is 9.25. The van der Waals surface area contributed by atoms with E-state index in [9.17, 15) is 14.9 Å². The quantitative estimate of drug-likeness (QED) is 0.310. The number of nitro benzene ring substituents is 1. The molecule has 0 radical (unpaired) electrons. The van der Waals surface area contributed by atoms with Gasteiger partial charge in [-0.2, -0.15) is 0 Å². The second-order valence-corrected chi connectivity index (χ2v) is 7.61. The van der Waals surface area contributed by atoms with Gasteiger partial charge in [-0.3, -0.25) is 14.9 Å². The second-order valence-electron chi connectivity index (χ2n) is 5.82. The van der Waals surface area contributed by atoms with E-state index in [2.05, 4.69) is 15.5 Å². The van der Waals surface area contributed by atoms with Crippen LogP contribution in [0.4, 0.5) is 11.4 Å². The summed E-state index contributed by atoms with van der Waals surface area (Å²) in [6.07, 6.45) is 0. The van der Waals surface area contributed by atoms with Crippen LogP contribution in [-0.4, -0.2) is 31.3 Å². The largest absolute Gasteiger partial charge is 0.325 e. The lowest BCUT2D eigenvalue weighted by molar-refractivity contribution is -0.384. The highest BCUT2D eigenvalue weighted by Gasteiger charge is 2.16. The number of hydrogen-bond acceptors (Lipinski definition) is 6. The summed E-state index contributed by atoms with van der Waals surface area (Å²) in [7, 11) is 0. The summed E-state index contributed by atoms with van der Waals surface area (Å²) in [5, 5.41) is 23.1. The predicted octanol–water partition coefficient (Wildman–Crippen LogP) is 4.91. The molecule has 8 nitrogen and oxygen atoms in total. The number of aromatic nitrogens is 3. The van der Waals surface area contributed by atoms with Crippen LogP contribution in [0.2, 0.25) is 10.0 Å². The maximum absolute atomic E-state index is 12.3. The summed E-state index contributed by atoms with van der Waals surface area (Å²) < 4.78 is 1.89. The van der Waals surface area contributed by atoms with Crippen LogP contribution in [0.25, 0.3) is 11.4 Å². The van der Waals surface area contributed by atoms with Crippen molar-refractivity contribution in [3.8, 4) is 11.4 Å². The lowest BCUT2D eigenvalue weighted by Gasteiger charge is -2.08. The van der Waals surface area contributed by atoms with Crippen LogP contribution in [0, 0.1) is 10.1 Å². The number of carbonyl (C=O) groups excluding carboxylic acids is 1. The normalized spacial score (nSPS) is 10.7. The molecule has 0 unspecified atom stereocenters. The molecular formula is C18H15Cl2N5O3S. The highest BCUT2D eigenvalue weighted by Crippen LogP contribution is 2.28. The zero-order valence-electron chi connectivity index (χ0n) is 15.1. The molecule has 0 saturated carbocycles. The number of nitrogens with one attached hydrogen (secondary N) is 1. The summed E-state index contributed by atoms with van der Waals surface area (Å²) in [6, 6.07) is 11.4. The SMILES string of the molecule is CCn1c(SCC(=O)Nc2ccc(Cl)c([N+](=O)[O-])c2)nnc1-c1cccc(Cl)c1. The van der Waals surface area contributed by atoms with Crippen LogP contribution in [0.1, 0.15) is 6.92 Å². The van der Waals surface area contributed by atoms with Gasteiger partial charge in [-0.1, -0.05) is 47.1 Å². The van der Waals surface area contributed by atoms with Gasteiger partial charge in [0.2, 0.25) is 5.91 Å². The maximum atomic E-state index is 12.3. The number of hydrogen-bond donors (Lipinski definition) is 1. The molecule has 0 atom stereocenters. The van der Waals surface area contributed by atoms with Crippen molar-refractivity contribution in [1.29, 1.82) is 0 Å². The van der Waals surface area contributed by atoms with Crippen molar-refractivity contribution in [2.24, 2.45) is 0 Å². The van der Waals surface area contributed by atoms with Gasteiger partial charge >= 0.3 is 0 Å². The van der Waals surface area contributed by atoms with E-state index in [0.717, 1.165) is 5.56 Å². The molecule has 0 fully saturated rings. The molecule has 0 aliphatic rings. The molecule has 150 valence electrons. The molecule has 11 heteroatoms. The van der Waals surface area contributed by atoms with Gasteiger partial charge in [-0.25, -0.2) is 0 Å². The number of thioether (sulfide) groups is 1. The van der Waals surface area contributed by atoms with E-state index in [1.54, 1.807) is 12.1 Å². The van der Waals surface area contributed by atoms with E-state index < -0.39 is 4.92 Å². The molecule has 3 aromatic rings. The van der Waals surface area contributed by atoms with Crippen LogP contribution in [0.3, 0.4) is 0 Å². The lowest BCUT2D eigenvalue weighted by atomic mass is 10.2. The first kappa shape index (κ1) is 21.1. The molecule has 0 spiro atoms. The average molecular weight is 452 g/mol. The van der Waals surface area contributed by atoms with Crippen LogP contribution in [0.15, 0.2) is 47.6 Å². The molecule has 0 aliphatic heterocycles. The van der Waals surface area contributed by atoms with Crippen molar-refractivity contribution < 1.29 is 9.72 Å². The van der Waals surface area contributed by atoms with Gasteiger partial charge in [-0.15, -0.1) is 10.2 Å². The van der Waals surface area contributed by atoms with Gasteiger partial charge in [0.1, 0.15) is 5.02 Å². The van der Waals surface area contributed by atoms with Crippen molar-refractivity contribution in [2.75, 3.05) is 11.1 Å². The monoisotopic (exact) mass is 451 g/mol. The van der Waals surface area contributed by atoms with Crippen molar-refractivity contribution >= 4 is 52.2 Å². The summed E-state index contributed by atoms with van der Waals surface area (Å²) in [4.78, 5) is 22.6. The fourth-order valence-corrected chi connectivity index (χ4v) is 3.76. The first-order chi connectivity index (χ1) is 13.9. The highest BCUT2D eigenvalue weighted by atomic mass is 35.5. The number of carbonyl (C=O) groups is 1. The average Bonchev–Trinajstić information content (AvgIpc) is 3.10. The van der Waals surface area contributed by atoms with Crippen molar-refractivity contribution in [2.45, 2.75) is 18.6 Å². The molecular weight excluding hydrogens is 437 g/mol. The molecule has 1 aromatic heterocycles. The topological polar surface area (TPSA) is 103 Å². The minimum Gasteiger partial charge on any atom is -0.325 e. The van der Waals surface area contributed by atoms with Crippen LogP contribution in [-0.2, 0) is 11.3 Å². The summed E-state index contributed by atoms with van der Waals surface area (Å²) in [5.41, 5.74) is 0.855. The third-order valence-electron chi connectivity index (χ3n) is 3.87. The molecule has 0 saturated heterocycles.